The van der Waals surface area contributed by atoms with Gasteiger partial charge in [-0.05, 0) is 68.5 Å². The van der Waals surface area contributed by atoms with Gasteiger partial charge in [-0.1, -0.05) is 39.0 Å². The van der Waals surface area contributed by atoms with Crippen LogP contribution in [0.3, 0.4) is 0 Å². The molecular formula is C29H39NO4. The highest BCUT2D eigenvalue weighted by Crippen LogP contribution is 2.76. The molecule has 1 saturated heterocycles. The van der Waals surface area contributed by atoms with Crippen molar-refractivity contribution in [2.45, 2.75) is 88.6 Å². The van der Waals surface area contributed by atoms with E-state index in [1.54, 1.807) is 7.11 Å². The van der Waals surface area contributed by atoms with Gasteiger partial charge in [-0.15, -0.1) is 0 Å². The van der Waals surface area contributed by atoms with Gasteiger partial charge in [-0.3, -0.25) is 4.90 Å². The number of phenolic OH excluding ortho intramolecular Hbond substituents is 1. The second-order valence-corrected chi connectivity index (χ2v) is 13.4. The predicted octanol–water partition coefficient (Wildman–Crippen LogP) is 4.19. The minimum Gasteiger partial charge on any atom is -0.504 e. The molecule has 2 aliphatic heterocycles. The number of rotatable bonds is 4. The molecule has 2 heterocycles. The fourth-order valence-electron chi connectivity index (χ4n) is 8.94. The minimum atomic E-state index is -0.960. The summed E-state index contributed by atoms with van der Waals surface area (Å²) in [6, 6.07) is 4.33. The van der Waals surface area contributed by atoms with Crippen molar-refractivity contribution in [3.8, 4) is 11.5 Å². The lowest BCUT2D eigenvalue weighted by Crippen LogP contribution is -2.81. The Morgan fingerprint density at radius 1 is 1.18 bits per heavy atom. The molecule has 7 atom stereocenters. The number of methoxy groups -OCH3 is 1. The highest BCUT2D eigenvalue weighted by atomic mass is 16.6. The van der Waals surface area contributed by atoms with Crippen LogP contribution < -0.4 is 4.74 Å². The molecule has 2 N–H and O–H groups in total. The molecule has 5 heteroatoms. The van der Waals surface area contributed by atoms with E-state index in [4.69, 9.17) is 9.47 Å². The number of ether oxygens (including phenoxy) is 2. The molecule has 0 aromatic heterocycles. The first-order valence-electron chi connectivity index (χ1n) is 13.3. The molecule has 184 valence electrons. The fraction of sp³-hybridized carbons (Fsp3) is 0.724. The van der Waals surface area contributed by atoms with E-state index in [-0.39, 0.29) is 34.0 Å². The lowest BCUT2D eigenvalue weighted by molar-refractivity contribution is -0.263. The second kappa shape index (κ2) is 6.22. The lowest BCUT2D eigenvalue weighted by atomic mass is 9.35. The summed E-state index contributed by atoms with van der Waals surface area (Å²) < 4.78 is 13.3. The lowest BCUT2D eigenvalue weighted by Gasteiger charge is -2.73. The molecule has 8 rings (SSSR count). The van der Waals surface area contributed by atoms with Crippen LogP contribution in [-0.2, 0) is 16.6 Å². The van der Waals surface area contributed by atoms with Crippen molar-refractivity contribution >= 4 is 0 Å². The Morgan fingerprint density at radius 2 is 1.94 bits per heavy atom. The number of fused-ring (bicyclic) bond motifs is 1. The summed E-state index contributed by atoms with van der Waals surface area (Å²) in [5.41, 5.74) is 0.165. The van der Waals surface area contributed by atoms with Crippen molar-refractivity contribution in [3.05, 3.63) is 35.4 Å². The zero-order valence-electron chi connectivity index (χ0n) is 21.2. The zero-order chi connectivity index (χ0) is 23.9. The smallest absolute Gasteiger partial charge is 0.165 e. The van der Waals surface area contributed by atoms with Gasteiger partial charge in [0.15, 0.2) is 11.5 Å². The number of hydrogen-bond acceptors (Lipinski definition) is 5. The van der Waals surface area contributed by atoms with Crippen molar-refractivity contribution in [3.63, 3.8) is 0 Å². The van der Waals surface area contributed by atoms with Crippen molar-refractivity contribution in [2.75, 3.05) is 20.2 Å². The molecule has 2 spiro atoms. The van der Waals surface area contributed by atoms with Crippen LogP contribution in [0.1, 0.15) is 64.5 Å². The molecule has 5 aliphatic carbocycles. The SMILES string of the molecule is COC12C=C[C@]3(C[C@@H]1[C@](C)(O)C(C)(C)C)[C@H]1Cc4ccc(O)c5c4[C@@]3(CCN1CC1CC1)[C@H]2O5. The number of likely N-dealkylation sites (tertiary alicyclic amines) is 1. The Morgan fingerprint density at radius 3 is 2.62 bits per heavy atom. The van der Waals surface area contributed by atoms with Crippen LogP contribution in [0.4, 0.5) is 0 Å². The number of piperidine rings is 1. The van der Waals surface area contributed by atoms with E-state index in [1.165, 1.54) is 30.5 Å². The van der Waals surface area contributed by atoms with Gasteiger partial charge < -0.3 is 19.7 Å². The molecule has 1 unspecified atom stereocenters. The van der Waals surface area contributed by atoms with Gasteiger partial charge in [0.2, 0.25) is 0 Å². The topological polar surface area (TPSA) is 62.2 Å². The van der Waals surface area contributed by atoms with Gasteiger partial charge in [0.1, 0.15) is 11.7 Å². The molecular weight excluding hydrogens is 426 g/mol. The normalized spacial score (nSPS) is 43.4. The average Bonchev–Trinajstić information content (AvgIpc) is 3.53. The van der Waals surface area contributed by atoms with Crippen LogP contribution in [0.25, 0.3) is 0 Å². The molecule has 2 saturated carbocycles. The van der Waals surface area contributed by atoms with Gasteiger partial charge >= 0.3 is 0 Å². The maximum atomic E-state index is 12.2. The van der Waals surface area contributed by atoms with E-state index in [0.717, 1.165) is 31.7 Å². The Kier molecular flexibility index (Phi) is 3.97. The third kappa shape index (κ3) is 2.20. The number of nitrogens with zero attached hydrogens (tertiary/aromatic N) is 1. The van der Waals surface area contributed by atoms with Crippen molar-refractivity contribution < 1.29 is 19.7 Å². The van der Waals surface area contributed by atoms with E-state index < -0.39 is 11.2 Å². The Labute approximate surface area is 203 Å². The summed E-state index contributed by atoms with van der Waals surface area (Å²) in [5, 5.41) is 23.1. The molecule has 5 nitrogen and oxygen atoms in total. The van der Waals surface area contributed by atoms with Gasteiger partial charge in [-0.25, -0.2) is 0 Å². The standard InChI is InChI=1S/C29H39NO4/c1-25(2,3)26(4,32)20-15-27-10-11-29(20,33-5)24-28(27)12-13-30(16-17-6-7-17)21(27)14-18-8-9-19(31)23(34-24)22(18)28/h8-11,17,20-21,24,31-32H,6-7,12-16H2,1-5H3/t20-,21-,24-,26+,27+,28+,29?/m1/s1. The molecule has 1 aromatic carbocycles. The van der Waals surface area contributed by atoms with Gasteiger partial charge in [0, 0.05) is 36.6 Å². The third-order valence-corrected chi connectivity index (χ3v) is 11.3. The molecule has 4 bridgehead atoms. The summed E-state index contributed by atoms with van der Waals surface area (Å²) in [5.74, 6) is 1.62. The molecule has 3 fully saturated rings. The highest BCUT2D eigenvalue weighted by Gasteiger charge is 2.81. The largest absolute Gasteiger partial charge is 0.504 e. The number of aliphatic hydroxyl groups is 1. The number of phenols is 1. The van der Waals surface area contributed by atoms with E-state index in [0.29, 0.717) is 11.8 Å². The van der Waals surface area contributed by atoms with Crippen LogP contribution in [0, 0.1) is 22.7 Å². The Balaban J connectivity index is 1.49. The summed E-state index contributed by atoms with van der Waals surface area (Å²) >= 11 is 0. The first kappa shape index (κ1) is 21.7. The van der Waals surface area contributed by atoms with Crippen LogP contribution in [0.15, 0.2) is 24.3 Å². The molecule has 1 aromatic rings. The maximum Gasteiger partial charge on any atom is 0.165 e. The molecule has 34 heavy (non-hydrogen) atoms. The Hall–Kier alpha value is -1.56. The van der Waals surface area contributed by atoms with E-state index in [9.17, 15) is 10.2 Å². The maximum absolute atomic E-state index is 12.2. The highest BCUT2D eigenvalue weighted by molar-refractivity contribution is 5.65. The van der Waals surface area contributed by atoms with E-state index in [1.807, 2.05) is 13.0 Å². The van der Waals surface area contributed by atoms with Gasteiger partial charge in [0.05, 0.1) is 11.0 Å². The van der Waals surface area contributed by atoms with E-state index in [2.05, 4.69) is 43.9 Å². The fourth-order valence-corrected chi connectivity index (χ4v) is 8.94. The number of aromatic hydroxyl groups is 1. The van der Waals surface area contributed by atoms with Crippen LogP contribution in [-0.4, -0.2) is 58.7 Å². The average molecular weight is 466 g/mol. The van der Waals surface area contributed by atoms with Crippen LogP contribution in [0.5, 0.6) is 11.5 Å². The van der Waals surface area contributed by atoms with Gasteiger partial charge in [0.25, 0.3) is 0 Å². The Bertz CT molecular complexity index is 1100. The van der Waals surface area contributed by atoms with Crippen molar-refractivity contribution in [2.24, 2.45) is 22.7 Å². The van der Waals surface area contributed by atoms with Crippen molar-refractivity contribution in [1.82, 2.24) is 4.90 Å². The van der Waals surface area contributed by atoms with Crippen molar-refractivity contribution in [1.29, 1.82) is 0 Å². The quantitative estimate of drug-likeness (QED) is 0.653. The first-order chi connectivity index (χ1) is 16.0. The first-order valence-corrected chi connectivity index (χ1v) is 13.3. The third-order valence-electron chi connectivity index (χ3n) is 11.3. The van der Waals surface area contributed by atoms with E-state index >= 15 is 0 Å². The summed E-state index contributed by atoms with van der Waals surface area (Å²) in [7, 11) is 1.78. The van der Waals surface area contributed by atoms with Crippen LogP contribution in [0.2, 0.25) is 0 Å². The molecule has 7 aliphatic rings. The summed E-state index contributed by atoms with van der Waals surface area (Å²) in [4.78, 5) is 2.77. The summed E-state index contributed by atoms with van der Waals surface area (Å²) in [6.07, 6.45) is 10.0. The molecule has 0 radical (unpaired) electrons. The number of benzene rings is 1. The molecule has 0 amide bonds. The van der Waals surface area contributed by atoms with Crippen LogP contribution >= 0.6 is 0 Å². The monoisotopic (exact) mass is 465 g/mol. The summed E-state index contributed by atoms with van der Waals surface area (Å²) in [6.45, 7) is 10.6. The van der Waals surface area contributed by atoms with Gasteiger partial charge in [-0.2, -0.15) is 0 Å². The second-order valence-electron chi connectivity index (χ2n) is 13.4. The number of hydrogen-bond donors (Lipinski definition) is 2. The predicted molar refractivity (Wildman–Crippen MR) is 130 cm³/mol. The zero-order valence-corrected chi connectivity index (χ0v) is 21.2. The minimum absolute atomic E-state index is 0.116.